The maximum absolute atomic E-state index is 10.5. The van der Waals surface area contributed by atoms with Crippen LogP contribution in [0.1, 0.15) is 45.5 Å². The van der Waals surface area contributed by atoms with Gasteiger partial charge in [0, 0.05) is 24.1 Å². The molecule has 0 saturated heterocycles. The zero-order chi connectivity index (χ0) is 12.3. The predicted octanol–water partition coefficient (Wildman–Crippen LogP) is 2.22. The van der Waals surface area contributed by atoms with E-state index in [1.807, 2.05) is 17.7 Å². The SMILES string of the molecule is CCn1nc(CCC(=O)O)cc1C(C)(C)C. The van der Waals surface area contributed by atoms with Gasteiger partial charge in [0.25, 0.3) is 0 Å². The third-order valence-corrected chi connectivity index (χ3v) is 2.49. The molecule has 4 nitrogen and oxygen atoms in total. The first-order valence-electron chi connectivity index (χ1n) is 5.63. The Morgan fingerprint density at radius 2 is 2.12 bits per heavy atom. The van der Waals surface area contributed by atoms with Crippen molar-refractivity contribution in [1.29, 1.82) is 0 Å². The second kappa shape index (κ2) is 4.68. The Kier molecular flexibility index (Phi) is 3.73. The highest BCUT2D eigenvalue weighted by Crippen LogP contribution is 2.23. The molecule has 4 heteroatoms. The number of carboxylic acid groups (broad SMARTS) is 1. The van der Waals surface area contributed by atoms with Crippen LogP contribution in [-0.4, -0.2) is 20.9 Å². The van der Waals surface area contributed by atoms with Crippen LogP contribution in [0.15, 0.2) is 6.07 Å². The highest BCUT2D eigenvalue weighted by atomic mass is 16.4. The van der Waals surface area contributed by atoms with Crippen LogP contribution in [0.5, 0.6) is 0 Å². The molecule has 1 heterocycles. The molecule has 0 radical (unpaired) electrons. The van der Waals surface area contributed by atoms with Gasteiger partial charge in [-0.25, -0.2) is 0 Å². The van der Waals surface area contributed by atoms with Crippen molar-refractivity contribution < 1.29 is 9.90 Å². The second-order valence-electron chi connectivity index (χ2n) is 4.98. The Bertz CT molecular complexity index is 375. The molecule has 0 aliphatic carbocycles. The minimum atomic E-state index is -0.775. The van der Waals surface area contributed by atoms with Crippen molar-refractivity contribution in [2.45, 2.75) is 52.5 Å². The molecule has 0 aromatic carbocycles. The van der Waals surface area contributed by atoms with Crippen molar-refractivity contribution in [3.8, 4) is 0 Å². The quantitative estimate of drug-likeness (QED) is 0.853. The summed E-state index contributed by atoms with van der Waals surface area (Å²) in [6.45, 7) is 9.27. The number of nitrogens with zero attached hydrogens (tertiary/aromatic N) is 2. The van der Waals surface area contributed by atoms with Gasteiger partial charge in [-0.3, -0.25) is 9.48 Å². The molecule has 90 valence electrons. The molecule has 0 amide bonds. The lowest BCUT2D eigenvalue weighted by molar-refractivity contribution is -0.136. The summed E-state index contributed by atoms with van der Waals surface area (Å²) >= 11 is 0. The van der Waals surface area contributed by atoms with Crippen molar-refractivity contribution in [3.63, 3.8) is 0 Å². The third kappa shape index (κ3) is 3.08. The topological polar surface area (TPSA) is 55.1 Å². The molecule has 0 spiro atoms. The van der Waals surface area contributed by atoms with E-state index in [1.54, 1.807) is 0 Å². The summed E-state index contributed by atoms with van der Waals surface area (Å²) in [5, 5.41) is 13.1. The van der Waals surface area contributed by atoms with E-state index in [0.29, 0.717) is 6.42 Å². The summed E-state index contributed by atoms with van der Waals surface area (Å²) in [7, 11) is 0. The fraction of sp³-hybridized carbons (Fsp3) is 0.667. The summed E-state index contributed by atoms with van der Waals surface area (Å²) in [6.07, 6.45) is 0.649. The molecule has 0 saturated carbocycles. The zero-order valence-corrected chi connectivity index (χ0v) is 10.4. The van der Waals surface area contributed by atoms with Crippen molar-refractivity contribution in [3.05, 3.63) is 17.5 Å². The predicted molar refractivity (Wildman–Crippen MR) is 62.6 cm³/mol. The number of aromatic nitrogens is 2. The van der Waals surface area contributed by atoms with Gasteiger partial charge in [-0.05, 0) is 13.0 Å². The highest BCUT2D eigenvalue weighted by Gasteiger charge is 2.20. The van der Waals surface area contributed by atoms with Gasteiger partial charge in [0.15, 0.2) is 0 Å². The molecule has 0 atom stereocenters. The van der Waals surface area contributed by atoms with Gasteiger partial charge in [-0.2, -0.15) is 5.10 Å². The van der Waals surface area contributed by atoms with Gasteiger partial charge in [0.2, 0.25) is 0 Å². The lowest BCUT2D eigenvalue weighted by Gasteiger charge is -2.19. The van der Waals surface area contributed by atoms with Gasteiger partial charge in [-0.15, -0.1) is 0 Å². The van der Waals surface area contributed by atoms with E-state index in [9.17, 15) is 4.79 Å². The normalized spacial score (nSPS) is 11.8. The number of hydrogen-bond donors (Lipinski definition) is 1. The van der Waals surface area contributed by atoms with Crippen molar-refractivity contribution in [2.75, 3.05) is 0 Å². The summed E-state index contributed by atoms with van der Waals surface area (Å²) in [6, 6.07) is 2.02. The molecule has 0 aliphatic rings. The maximum atomic E-state index is 10.5. The van der Waals surface area contributed by atoms with E-state index in [-0.39, 0.29) is 11.8 Å². The first kappa shape index (κ1) is 12.7. The minimum absolute atomic E-state index is 0.0461. The Morgan fingerprint density at radius 3 is 2.50 bits per heavy atom. The smallest absolute Gasteiger partial charge is 0.303 e. The number of carboxylic acids is 1. The fourth-order valence-electron chi connectivity index (χ4n) is 1.67. The van der Waals surface area contributed by atoms with Crippen molar-refractivity contribution in [1.82, 2.24) is 9.78 Å². The maximum Gasteiger partial charge on any atom is 0.303 e. The summed E-state index contributed by atoms with van der Waals surface area (Å²) in [4.78, 5) is 10.5. The molecule has 0 aliphatic heterocycles. The standard InChI is InChI=1S/C12H20N2O2/c1-5-14-10(12(2,3)4)8-9(13-14)6-7-11(15)16/h8H,5-7H2,1-4H3,(H,15,16). The molecule has 0 unspecified atom stereocenters. The number of hydrogen-bond acceptors (Lipinski definition) is 2. The average molecular weight is 224 g/mol. The summed E-state index contributed by atoms with van der Waals surface area (Å²) in [5.74, 6) is -0.775. The fourth-order valence-corrected chi connectivity index (χ4v) is 1.67. The third-order valence-electron chi connectivity index (χ3n) is 2.49. The molecule has 1 rings (SSSR count). The van der Waals surface area contributed by atoms with Crippen LogP contribution in [0.2, 0.25) is 0 Å². The average Bonchev–Trinajstić information content (AvgIpc) is 2.57. The van der Waals surface area contributed by atoms with Gasteiger partial charge in [-0.1, -0.05) is 20.8 Å². The largest absolute Gasteiger partial charge is 0.481 e. The zero-order valence-electron chi connectivity index (χ0n) is 10.4. The second-order valence-corrected chi connectivity index (χ2v) is 4.98. The van der Waals surface area contributed by atoms with Gasteiger partial charge in [0.1, 0.15) is 0 Å². The number of carbonyl (C=O) groups is 1. The molecular weight excluding hydrogens is 204 g/mol. The molecule has 1 N–H and O–H groups in total. The van der Waals surface area contributed by atoms with Crippen molar-refractivity contribution in [2.24, 2.45) is 0 Å². The van der Waals surface area contributed by atoms with Gasteiger partial charge >= 0.3 is 5.97 Å². The number of rotatable bonds is 4. The monoisotopic (exact) mass is 224 g/mol. The summed E-state index contributed by atoms with van der Waals surface area (Å²) < 4.78 is 1.96. The van der Waals surface area contributed by atoms with Crippen LogP contribution in [0.3, 0.4) is 0 Å². The Morgan fingerprint density at radius 1 is 1.50 bits per heavy atom. The van der Waals surface area contributed by atoms with Gasteiger partial charge in [0.05, 0.1) is 12.1 Å². The van der Waals surface area contributed by atoms with Crippen LogP contribution in [0, 0.1) is 0 Å². The molecule has 1 aromatic heterocycles. The van der Waals surface area contributed by atoms with E-state index >= 15 is 0 Å². The Labute approximate surface area is 96.3 Å². The Hall–Kier alpha value is -1.32. The molecule has 0 fully saturated rings. The van der Waals surface area contributed by atoms with E-state index in [2.05, 4.69) is 25.9 Å². The molecule has 0 bridgehead atoms. The Balaban J connectivity index is 2.90. The van der Waals surface area contributed by atoms with Crippen LogP contribution in [-0.2, 0) is 23.2 Å². The van der Waals surface area contributed by atoms with Crippen LogP contribution >= 0.6 is 0 Å². The first-order chi connectivity index (χ1) is 7.34. The number of aryl methyl sites for hydroxylation is 2. The van der Waals surface area contributed by atoms with Crippen LogP contribution in [0.25, 0.3) is 0 Å². The lowest BCUT2D eigenvalue weighted by Crippen LogP contribution is -2.17. The van der Waals surface area contributed by atoms with Crippen LogP contribution in [0.4, 0.5) is 0 Å². The van der Waals surface area contributed by atoms with Crippen molar-refractivity contribution >= 4 is 5.97 Å². The summed E-state index contributed by atoms with van der Waals surface area (Å²) in [5.41, 5.74) is 2.08. The van der Waals surface area contributed by atoms with E-state index in [1.165, 1.54) is 0 Å². The van der Waals surface area contributed by atoms with E-state index in [0.717, 1.165) is 17.9 Å². The minimum Gasteiger partial charge on any atom is -0.481 e. The lowest BCUT2D eigenvalue weighted by atomic mass is 9.91. The first-order valence-corrected chi connectivity index (χ1v) is 5.63. The molecular formula is C12H20N2O2. The number of aliphatic carboxylic acids is 1. The molecule has 16 heavy (non-hydrogen) atoms. The van der Waals surface area contributed by atoms with E-state index in [4.69, 9.17) is 5.11 Å². The molecule has 1 aromatic rings. The van der Waals surface area contributed by atoms with Gasteiger partial charge < -0.3 is 5.11 Å². The highest BCUT2D eigenvalue weighted by molar-refractivity contribution is 5.66. The van der Waals surface area contributed by atoms with E-state index < -0.39 is 5.97 Å². The van der Waals surface area contributed by atoms with Crippen LogP contribution < -0.4 is 0 Å².